The quantitative estimate of drug-likeness (QED) is 0.711. The molecule has 0 saturated heterocycles. The maximum atomic E-state index is 12.9. The zero-order valence-electron chi connectivity index (χ0n) is 16.7. The third kappa shape index (κ3) is 4.75. The smallest absolute Gasteiger partial charge is 0.341 e. The average Bonchev–Trinajstić information content (AvgIpc) is 2.98. The van der Waals surface area contributed by atoms with Crippen molar-refractivity contribution < 1.29 is 19.1 Å². The first-order valence-corrected chi connectivity index (χ1v) is 9.96. The average molecular weight is 404 g/mol. The molecule has 2 amide bonds. The number of carbonyl (C=O) groups excluding carboxylic acids is 3. The van der Waals surface area contributed by atoms with Crippen LogP contribution in [0.25, 0.3) is 0 Å². The van der Waals surface area contributed by atoms with E-state index >= 15 is 0 Å². The second kappa shape index (κ2) is 9.45. The predicted octanol–water partition coefficient (Wildman–Crippen LogP) is 3.75. The molecular formula is C20H25N3O4S. The molecule has 2 rings (SSSR count). The summed E-state index contributed by atoms with van der Waals surface area (Å²) in [6.07, 6.45) is 2.68. The van der Waals surface area contributed by atoms with Crippen LogP contribution in [0.2, 0.25) is 0 Å². The number of esters is 1. The Hall–Kier alpha value is -2.74. The van der Waals surface area contributed by atoms with Crippen LogP contribution in [-0.4, -0.2) is 46.9 Å². The molecule has 0 aliphatic rings. The van der Waals surface area contributed by atoms with E-state index in [1.807, 2.05) is 13.8 Å². The largest absolute Gasteiger partial charge is 0.459 e. The van der Waals surface area contributed by atoms with Gasteiger partial charge in [-0.2, -0.15) is 0 Å². The number of hydrogen-bond donors (Lipinski definition) is 1. The van der Waals surface area contributed by atoms with Crippen molar-refractivity contribution in [1.29, 1.82) is 0 Å². The van der Waals surface area contributed by atoms with Gasteiger partial charge in [0.2, 0.25) is 0 Å². The van der Waals surface area contributed by atoms with Gasteiger partial charge in [-0.25, -0.2) is 4.79 Å². The molecule has 150 valence electrons. The van der Waals surface area contributed by atoms with Crippen molar-refractivity contribution in [1.82, 2.24) is 9.88 Å². The number of nitrogens with zero attached hydrogens (tertiary/aromatic N) is 2. The Kier molecular flexibility index (Phi) is 7.28. The molecule has 1 N–H and O–H groups in total. The van der Waals surface area contributed by atoms with E-state index in [-0.39, 0.29) is 17.6 Å². The summed E-state index contributed by atoms with van der Waals surface area (Å²) in [7, 11) is 0. The normalized spacial score (nSPS) is 10.6. The zero-order valence-corrected chi connectivity index (χ0v) is 17.6. The summed E-state index contributed by atoms with van der Waals surface area (Å²) in [4.78, 5) is 44.1. The van der Waals surface area contributed by atoms with E-state index in [4.69, 9.17) is 4.74 Å². The molecule has 2 aromatic heterocycles. The third-order valence-electron chi connectivity index (χ3n) is 4.09. The van der Waals surface area contributed by atoms with Crippen LogP contribution in [-0.2, 0) is 4.74 Å². The minimum Gasteiger partial charge on any atom is -0.459 e. The summed E-state index contributed by atoms with van der Waals surface area (Å²) in [6.45, 7) is 10.1. The van der Waals surface area contributed by atoms with Crippen LogP contribution in [0.4, 0.5) is 5.00 Å². The van der Waals surface area contributed by atoms with Gasteiger partial charge in [0, 0.05) is 25.5 Å². The van der Waals surface area contributed by atoms with Gasteiger partial charge >= 0.3 is 5.97 Å². The molecule has 0 saturated carbocycles. The molecular weight excluding hydrogens is 378 g/mol. The fourth-order valence-electron chi connectivity index (χ4n) is 2.65. The fourth-order valence-corrected chi connectivity index (χ4v) is 3.81. The number of anilines is 1. The second-order valence-electron chi connectivity index (χ2n) is 6.39. The topological polar surface area (TPSA) is 88.6 Å². The lowest BCUT2D eigenvalue weighted by Crippen LogP contribution is -2.30. The molecule has 0 aliphatic carbocycles. The van der Waals surface area contributed by atoms with Crippen LogP contribution in [0.15, 0.2) is 24.5 Å². The van der Waals surface area contributed by atoms with Gasteiger partial charge in [-0.15, -0.1) is 11.3 Å². The van der Waals surface area contributed by atoms with Crippen molar-refractivity contribution in [3.05, 3.63) is 46.1 Å². The van der Waals surface area contributed by atoms with Crippen molar-refractivity contribution in [3.63, 3.8) is 0 Å². The van der Waals surface area contributed by atoms with Gasteiger partial charge in [0.15, 0.2) is 0 Å². The van der Waals surface area contributed by atoms with Gasteiger partial charge in [0.25, 0.3) is 11.8 Å². The van der Waals surface area contributed by atoms with E-state index in [1.165, 1.54) is 6.20 Å². The van der Waals surface area contributed by atoms with Crippen molar-refractivity contribution in [2.24, 2.45) is 0 Å². The Morgan fingerprint density at radius 2 is 1.93 bits per heavy atom. The summed E-state index contributed by atoms with van der Waals surface area (Å²) >= 11 is 1.09. The molecule has 0 radical (unpaired) electrons. The lowest BCUT2D eigenvalue weighted by Gasteiger charge is -2.18. The summed E-state index contributed by atoms with van der Waals surface area (Å²) in [6, 6.07) is 3.27. The van der Waals surface area contributed by atoms with Gasteiger partial charge in [-0.3, -0.25) is 14.6 Å². The number of amides is 2. The Morgan fingerprint density at radius 1 is 1.25 bits per heavy atom. The van der Waals surface area contributed by atoms with Crippen LogP contribution < -0.4 is 5.32 Å². The van der Waals surface area contributed by atoms with Crippen LogP contribution in [0.3, 0.4) is 0 Å². The van der Waals surface area contributed by atoms with Crippen molar-refractivity contribution in [2.45, 2.75) is 40.7 Å². The number of rotatable bonds is 7. The molecule has 8 heteroatoms. The van der Waals surface area contributed by atoms with Crippen molar-refractivity contribution >= 4 is 34.1 Å². The molecule has 7 nitrogen and oxygen atoms in total. The van der Waals surface area contributed by atoms with E-state index in [0.29, 0.717) is 34.1 Å². The van der Waals surface area contributed by atoms with E-state index in [0.717, 1.165) is 11.3 Å². The highest BCUT2D eigenvalue weighted by Crippen LogP contribution is 2.35. The second-order valence-corrected chi connectivity index (χ2v) is 7.41. The van der Waals surface area contributed by atoms with E-state index in [1.54, 1.807) is 44.0 Å². The number of ether oxygens (including phenoxy) is 1. The molecule has 0 spiro atoms. The van der Waals surface area contributed by atoms with Crippen LogP contribution in [0.1, 0.15) is 63.6 Å². The number of pyridine rings is 1. The molecule has 2 aromatic rings. The summed E-state index contributed by atoms with van der Waals surface area (Å²) < 4.78 is 5.33. The number of hydrogen-bond acceptors (Lipinski definition) is 6. The Labute approximate surface area is 168 Å². The van der Waals surface area contributed by atoms with Crippen molar-refractivity contribution in [3.8, 4) is 0 Å². The Morgan fingerprint density at radius 3 is 2.46 bits per heavy atom. The number of thiophene rings is 1. The molecule has 0 fully saturated rings. The number of nitrogens with one attached hydrogen (secondary N) is 1. The SMILES string of the molecule is CCN(CC)C(=O)c1sc(NC(=O)c2cccnc2)c(C(=O)OC(C)C)c1C. The molecule has 0 bridgehead atoms. The monoisotopic (exact) mass is 403 g/mol. The first-order valence-electron chi connectivity index (χ1n) is 9.15. The maximum Gasteiger partial charge on any atom is 0.341 e. The fraction of sp³-hybridized carbons (Fsp3) is 0.400. The van der Waals surface area contributed by atoms with Gasteiger partial charge in [0.05, 0.1) is 22.1 Å². The molecule has 2 heterocycles. The van der Waals surface area contributed by atoms with Crippen LogP contribution in [0.5, 0.6) is 0 Å². The lowest BCUT2D eigenvalue weighted by molar-refractivity contribution is 0.0379. The maximum absolute atomic E-state index is 12.9. The van der Waals surface area contributed by atoms with Gasteiger partial charge < -0.3 is 15.0 Å². The number of carbonyl (C=O) groups is 3. The first-order chi connectivity index (χ1) is 13.3. The predicted molar refractivity (Wildman–Crippen MR) is 109 cm³/mol. The molecule has 0 aromatic carbocycles. The standard InChI is InChI=1S/C20H25N3O4S/c1-6-23(7-2)19(25)16-13(5)15(20(26)27-12(3)4)18(28-16)22-17(24)14-9-8-10-21-11-14/h8-12H,6-7H2,1-5H3,(H,22,24). The summed E-state index contributed by atoms with van der Waals surface area (Å²) in [5.74, 6) is -1.15. The Balaban J connectivity index is 2.47. The van der Waals surface area contributed by atoms with Crippen LogP contribution >= 0.6 is 11.3 Å². The molecule has 0 atom stereocenters. The summed E-state index contributed by atoms with van der Waals surface area (Å²) in [5.41, 5.74) is 1.08. The molecule has 0 unspecified atom stereocenters. The third-order valence-corrected chi connectivity index (χ3v) is 5.28. The Bertz CT molecular complexity index is 858. The van der Waals surface area contributed by atoms with Gasteiger partial charge in [-0.1, -0.05) is 0 Å². The highest BCUT2D eigenvalue weighted by Gasteiger charge is 2.29. The summed E-state index contributed by atoms with van der Waals surface area (Å²) in [5, 5.41) is 3.04. The molecule has 0 aliphatic heterocycles. The number of aromatic nitrogens is 1. The highest BCUT2D eigenvalue weighted by atomic mass is 32.1. The van der Waals surface area contributed by atoms with E-state index in [2.05, 4.69) is 10.3 Å². The minimum atomic E-state index is -0.566. The zero-order chi connectivity index (χ0) is 20.8. The van der Waals surface area contributed by atoms with E-state index in [9.17, 15) is 14.4 Å². The minimum absolute atomic E-state index is 0.173. The highest BCUT2D eigenvalue weighted by molar-refractivity contribution is 7.18. The lowest BCUT2D eigenvalue weighted by atomic mass is 10.1. The first kappa shape index (κ1) is 21.6. The van der Waals surface area contributed by atoms with Crippen molar-refractivity contribution in [2.75, 3.05) is 18.4 Å². The van der Waals surface area contributed by atoms with Gasteiger partial charge in [0.1, 0.15) is 5.00 Å². The van der Waals surface area contributed by atoms with Crippen LogP contribution in [0, 0.1) is 6.92 Å². The molecule has 28 heavy (non-hydrogen) atoms. The van der Waals surface area contributed by atoms with Gasteiger partial charge in [-0.05, 0) is 52.3 Å². The van der Waals surface area contributed by atoms with E-state index < -0.39 is 11.9 Å².